The lowest BCUT2D eigenvalue weighted by atomic mass is 10.0. The highest BCUT2D eigenvalue weighted by Gasteiger charge is 2.20. The lowest BCUT2D eigenvalue weighted by molar-refractivity contribution is -0.144. The fourth-order valence-electron chi connectivity index (χ4n) is 5.02. The largest absolute Gasteiger partial charge is 0.463 e. The van der Waals surface area contributed by atoms with E-state index in [4.69, 9.17) is 9.47 Å². The smallest absolute Gasteiger partial charge is 0.310 e. The number of ether oxygens (including phenoxy) is 2. The number of benzene rings is 3. The van der Waals surface area contributed by atoms with Crippen molar-refractivity contribution in [3.8, 4) is 0 Å². The summed E-state index contributed by atoms with van der Waals surface area (Å²) in [4.78, 5) is 27.3. The predicted molar refractivity (Wildman–Crippen MR) is 155 cm³/mol. The average Bonchev–Trinajstić information content (AvgIpc) is 3.43. The van der Waals surface area contributed by atoms with Crippen molar-refractivity contribution in [3.63, 3.8) is 0 Å². The Morgan fingerprint density at radius 2 is 1.88 bits per heavy atom. The normalized spacial score (nSPS) is 15.6. The van der Waals surface area contributed by atoms with Crippen molar-refractivity contribution in [1.29, 1.82) is 0 Å². The highest BCUT2D eigenvalue weighted by molar-refractivity contribution is 6.04. The molecule has 3 aromatic carbocycles. The third kappa shape index (κ3) is 7.46. The maximum Gasteiger partial charge on any atom is 0.310 e. The molecule has 4 aromatic rings. The number of aromatic nitrogens is 2. The van der Waals surface area contributed by atoms with Crippen LogP contribution in [0, 0.1) is 0 Å². The number of aromatic amines is 1. The summed E-state index contributed by atoms with van der Waals surface area (Å²) in [6.45, 7) is 3.36. The van der Waals surface area contributed by atoms with Crippen LogP contribution in [0.15, 0.2) is 72.9 Å². The molecule has 0 bridgehead atoms. The van der Waals surface area contributed by atoms with Crippen molar-refractivity contribution in [1.82, 2.24) is 15.1 Å². The molecule has 0 aliphatic carbocycles. The van der Waals surface area contributed by atoms with Gasteiger partial charge in [0.1, 0.15) is 6.61 Å². The number of anilines is 2. The molecule has 0 radical (unpaired) electrons. The summed E-state index contributed by atoms with van der Waals surface area (Å²) in [5, 5.41) is 14.8. The van der Waals surface area contributed by atoms with Crippen LogP contribution in [0.5, 0.6) is 0 Å². The minimum Gasteiger partial charge on any atom is -0.463 e. The summed E-state index contributed by atoms with van der Waals surface area (Å²) in [5.74, 6) is -0.474. The van der Waals surface area contributed by atoms with E-state index in [0.29, 0.717) is 23.9 Å². The Bertz CT molecular complexity index is 1440. The third-order valence-electron chi connectivity index (χ3n) is 7.02. The van der Waals surface area contributed by atoms with Gasteiger partial charge in [0.2, 0.25) is 0 Å². The number of hydrogen-bond donors (Lipinski definition) is 3. The van der Waals surface area contributed by atoms with Gasteiger partial charge in [0, 0.05) is 48.6 Å². The lowest BCUT2D eigenvalue weighted by Gasteiger charge is -2.33. The number of amides is 1. The number of fused-ring (bicyclic) bond motifs is 1. The van der Waals surface area contributed by atoms with Gasteiger partial charge >= 0.3 is 5.97 Å². The zero-order chi connectivity index (χ0) is 27.7. The Morgan fingerprint density at radius 1 is 1.02 bits per heavy atom. The van der Waals surface area contributed by atoms with Gasteiger partial charge in [0.05, 0.1) is 24.7 Å². The fraction of sp³-hybridized carbons (Fsp3) is 0.323. The van der Waals surface area contributed by atoms with Gasteiger partial charge in [-0.25, -0.2) is 0 Å². The van der Waals surface area contributed by atoms with Crippen molar-refractivity contribution in [2.24, 2.45) is 0 Å². The van der Waals surface area contributed by atoms with E-state index in [0.717, 1.165) is 60.2 Å². The van der Waals surface area contributed by atoms with E-state index in [9.17, 15) is 9.59 Å². The van der Waals surface area contributed by atoms with Crippen LogP contribution in [0.3, 0.4) is 0 Å². The second kappa shape index (κ2) is 13.2. The number of H-pyrrole nitrogens is 1. The summed E-state index contributed by atoms with van der Waals surface area (Å²) < 4.78 is 9.99. The van der Waals surface area contributed by atoms with E-state index in [-0.39, 0.29) is 24.9 Å². The maximum atomic E-state index is 13.0. The Morgan fingerprint density at radius 3 is 2.73 bits per heavy atom. The van der Waals surface area contributed by atoms with Gasteiger partial charge < -0.3 is 20.1 Å². The van der Waals surface area contributed by atoms with Crippen LogP contribution >= 0.6 is 0 Å². The van der Waals surface area contributed by atoms with E-state index in [1.54, 1.807) is 19.2 Å². The molecule has 40 heavy (non-hydrogen) atoms. The van der Waals surface area contributed by atoms with Gasteiger partial charge in [-0.15, -0.1) is 0 Å². The Balaban J connectivity index is 1.13. The second-order valence-corrected chi connectivity index (χ2v) is 10.1. The van der Waals surface area contributed by atoms with Gasteiger partial charge in [-0.3, -0.25) is 19.6 Å². The van der Waals surface area contributed by atoms with Gasteiger partial charge in [0.25, 0.3) is 5.91 Å². The van der Waals surface area contributed by atoms with Crippen LogP contribution in [0.2, 0.25) is 0 Å². The number of esters is 1. The van der Waals surface area contributed by atoms with Crippen molar-refractivity contribution < 1.29 is 19.1 Å². The third-order valence-corrected chi connectivity index (χ3v) is 7.02. The molecule has 1 aliphatic heterocycles. The Kier molecular flexibility index (Phi) is 9.05. The molecule has 2 heterocycles. The standard InChI is InChI=1S/C31H35N5O4/c1-39-14-15-40-30(37)17-22-7-9-26(10-8-22)34-31(38)24-5-2-4-23(16-24)20-36-13-3-6-28(21-36)33-27-11-12-29-25(18-27)19-32-35-29/h2,4-5,7-12,16,18-19,28,33H,3,6,13-15,17,20-21H2,1H3,(H,32,35)(H,34,38). The topological polar surface area (TPSA) is 109 Å². The summed E-state index contributed by atoms with van der Waals surface area (Å²) >= 11 is 0. The Hall–Kier alpha value is -4.21. The minimum absolute atomic E-state index is 0.165. The molecule has 1 atom stereocenters. The number of nitrogens with zero attached hydrogens (tertiary/aromatic N) is 2. The van der Waals surface area contributed by atoms with E-state index < -0.39 is 0 Å². The molecule has 1 saturated heterocycles. The van der Waals surface area contributed by atoms with Gasteiger partial charge in [-0.05, 0) is 73.0 Å². The number of rotatable bonds is 11. The van der Waals surface area contributed by atoms with Crippen LogP contribution in [0.1, 0.15) is 34.3 Å². The van der Waals surface area contributed by atoms with Crippen LogP contribution in [-0.4, -0.2) is 66.4 Å². The predicted octanol–water partition coefficient (Wildman–Crippen LogP) is 4.62. The first-order valence-electron chi connectivity index (χ1n) is 13.6. The molecule has 3 N–H and O–H groups in total. The highest BCUT2D eigenvalue weighted by atomic mass is 16.6. The summed E-state index contributed by atoms with van der Waals surface area (Å²) in [6.07, 6.45) is 4.26. The van der Waals surface area contributed by atoms with E-state index in [1.807, 2.05) is 36.5 Å². The molecule has 5 rings (SSSR count). The van der Waals surface area contributed by atoms with E-state index >= 15 is 0 Å². The number of nitrogens with one attached hydrogen (secondary N) is 3. The first kappa shape index (κ1) is 27.4. The van der Waals surface area contributed by atoms with E-state index in [1.165, 1.54) is 0 Å². The molecule has 9 heteroatoms. The van der Waals surface area contributed by atoms with Crippen LogP contribution in [0.4, 0.5) is 11.4 Å². The van der Waals surface area contributed by atoms with Gasteiger partial charge in [0.15, 0.2) is 0 Å². The number of carbonyl (C=O) groups excluding carboxylic acids is 2. The monoisotopic (exact) mass is 541 g/mol. The highest BCUT2D eigenvalue weighted by Crippen LogP contribution is 2.22. The molecule has 9 nitrogen and oxygen atoms in total. The minimum atomic E-state index is -0.308. The number of likely N-dealkylation sites (tertiary alicyclic amines) is 1. The molecular weight excluding hydrogens is 506 g/mol. The number of piperidine rings is 1. The number of hydrogen-bond acceptors (Lipinski definition) is 7. The maximum absolute atomic E-state index is 13.0. The molecule has 1 fully saturated rings. The number of methoxy groups -OCH3 is 1. The molecule has 0 spiro atoms. The second-order valence-electron chi connectivity index (χ2n) is 10.1. The first-order valence-corrected chi connectivity index (χ1v) is 13.6. The molecule has 1 aromatic heterocycles. The zero-order valence-electron chi connectivity index (χ0n) is 22.7. The summed E-state index contributed by atoms with van der Waals surface area (Å²) in [6, 6.07) is 21.7. The van der Waals surface area contributed by atoms with Gasteiger partial charge in [-0.1, -0.05) is 24.3 Å². The van der Waals surface area contributed by atoms with Gasteiger partial charge in [-0.2, -0.15) is 5.10 Å². The van der Waals surface area contributed by atoms with Crippen LogP contribution in [-0.2, 0) is 27.2 Å². The molecule has 1 aliphatic rings. The molecule has 0 saturated carbocycles. The molecule has 208 valence electrons. The number of carbonyl (C=O) groups is 2. The van der Waals surface area contributed by atoms with Crippen molar-refractivity contribution in [3.05, 3.63) is 89.6 Å². The summed E-state index contributed by atoms with van der Waals surface area (Å²) in [5.41, 5.74) is 5.35. The summed E-state index contributed by atoms with van der Waals surface area (Å²) in [7, 11) is 1.56. The van der Waals surface area contributed by atoms with Crippen molar-refractivity contribution in [2.75, 3.05) is 44.0 Å². The fourth-order valence-corrected chi connectivity index (χ4v) is 5.02. The van der Waals surface area contributed by atoms with Crippen molar-refractivity contribution >= 4 is 34.2 Å². The lowest BCUT2D eigenvalue weighted by Crippen LogP contribution is -2.41. The van der Waals surface area contributed by atoms with Crippen LogP contribution < -0.4 is 10.6 Å². The average molecular weight is 542 g/mol. The first-order chi connectivity index (χ1) is 19.6. The van der Waals surface area contributed by atoms with E-state index in [2.05, 4.69) is 50.0 Å². The zero-order valence-corrected chi connectivity index (χ0v) is 22.7. The quantitative estimate of drug-likeness (QED) is 0.188. The molecule has 1 unspecified atom stereocenters. The Labute approximate surface area is 233 Å². The molecule has 1 amide bonds. The van der Waals surface area contributed by atoms with Crippen LogP contribution in [0.25, 0.3) is 10.9 Å². The van der Waals surface area contributed by atoms with Crippen molar-refractivity contribution in [2.45, 2.75) is 31.8 Å². The molecular formula is C31H35N5O4. The SMILES string of the molecule is COCCOC(=O)Cc1ccc(NC(=O)c2cccc(CN3CCCC(Nc4ccc5[nH]ncc5c4)C3)c2)cc1.